The number of rotatable bonds is 7. The van der Waals surface area contributed by atoms with Gasteiger partial charge in [-0.15, -0.1) is 0 Å². The molecule has 1 aromatic carbocycles. The molecule has 0 aromatic heterocycles. The van der Waals surface area contributed by atoms with Gasteiger partial charge >= 0.3 is 12.2 Å². The molecule has 6 nitrogen and oxygen atoms in total. The lowest BCUT2D eigenvalue weighted by Gasteiger charge is -2.24. The molecule has 0 unspecified atom stereocenters. The maximum absolute atomic E-state index is 11.9. The summed E-state index contributed by atoms with van der Waals surface area (Å²) in [5.41, 5.74) is 0.359. The van der Waals surface area contributed by atoms with Crippen LogP contribution in [0.5, 0.6) is 0 Å². The normalized spacial score (nSPS) is 12.4. The summed E-state index contributed by atoms with van der Waals surface area (Å²) in [4.78, 5) is 23.8. The highest BCUT2D eigenvalue weighted by atomic mass is 16.6. The highest BCUT2D eigenvalue weighted by Gasteiger charge is 2.20. The van der Waals surface area contributed by atoms with Crippen molar-refractivity contribution in [3.63, 3.8) is 0 Å². The molecule has 0 bridgehead atoms. The van der Waals surface area contributed by atoms with Gasteiger partial charge in [-0.3, -0.25) is 0 Å². The largest absolute Gasteiger partial charge is 0.445 e. The van der Waals surface area contributed by atoms with Crippen LogP contribution in [0.15, 0.2) is 30.3 Å². The van der Waals surface area contributed by atoms with Crippen molar-refractivity contribution in [3.8, 4) is 0 Å². The van der Waals surface area contributed by atoms with E-state index < -0.39 is 17.8 Å². The number of hydrogen-bond acceptors (Lipinski definition) is 4. The molecule has 0 aliphatic rings. The molecule has 140 valence electrons. The van der Waals surface area contributed by atoms with Gasteiger partial charge in [0.05, 0.1) is 0 Å². The minimum Gasteiger partial charge on any atom is -0.445 e. The van der Waals surface area contributed by atoms with Gasteiger partial charge in [0, 0.05) is 12.6 Å². The third kappa shape index (κ3) is 10.3. The second-order valence-corrected chi connectivity index (χ2v) is 7.42. The summed E-state index contributed by atoms with van der Waals surface area (Å²) < 4.78 is 10.4. The first-order valence-electron chi connectivity index (χ1n) is 8.60. The summed E-state index contributed by atoms with van der Waals surface area (Å²) in [6, 6.07) is 9.24. The Morgan fingerprint density at radius 3 is 2.28 bits per heavy atom. The van der Waals surface area contributed by atoms with Gasteiger partial charge in [-0.1, -0.05) is 44.2 Å². The fraction of sp³-hybridized carbons (Fsp3) is 0.579. The van der Waals surface area contributed by atoms with Crippen LogP contribution >= 0.6 is 0 Å². The Morgan fingerprint density at radius 2 is 1.72 bits per heavy atom. The van der Waals surface area contributed by atoms with Crippen molar-refractivity contribution in [2.45, 2.75) is 59.3 Å². The first-order valence-corrected chi connectivity index (χ1v) is 8.60. The molecule has 0 saturated heterocycles. The van der Waals surface area contributed by atoms with E-state index in [1.807, 2.05) is 51.1 Å². The van der Waals surface area contributed by atoms with Gasteiger partial charge in [0.1, 0.15) is 12.2 Å². The number of amides is 2. The Balaban J connectivity index is 2.43. The quantitative estimate of drug-likeness (QED) is 0.783. The number of carbonyl (C=O) groups is 2. The Bertz CT molecular complexity index is 538. The van der Waals surface area contributed by atoms with E-state index in [9.17, 15) is 9.59 Å². The fourth-order valence-corrected chi connectivity index (χ4v) is 2.22. The van der Waals surface area contributed by atoms with Crippen molar-refractivity contribution in [3.05, 3.63) is 35.9 Å². The van der Waals surface area contributed by atoms with Crippen molar-refractivity contribution in [1.29, 1.82) is 0 Å². The Morgan fingerprint density at radius 1 is 1.08 bits per heavy atom. The number of carbonyl (C=O) groups excluding carboxylic acids is 2. The molecule has 0 aliphatic heterocycles. The maximum Gasteiger partial charge on any atom is 0.407 e. The van der Waals surface area contributed by atoms with Crippen molar-refractivity contribution in [2.75, 3.05) is 6.54 Å². The number of hydrogen-bond donors (Lipinski definition) is 2. The predicted octanol–water partition coefficient (Wildman–Crippen LogP) is 3.85. The topological polar surface area (TPSA) is 76.7 Å². The van der Waals surface area contributed by atoms with E-state index in [-0.39, 0.29) is 19.2 Å². The molecule has 6 heteroatoms. The smallest absolute Gasteiger partial charge is 0.407 e. The van der Waals surface area contributed by atoms with E-state index in [4.69, 9.17) is 9.47 Å². The van der Waals surface area contributed by atoms with Crippen LogP contribution in [0.4, 0.5) is 9.59 Å². The lowest BCUT2D eigenvalue weighted by molar-refractivity contribution is 0.0496. The van der Waals surface area contributed by atoms with Crippen LogP contribution < -0.4 is 10.6 Å². The van der Waals surface area contributed by atoms with Crippen LogP contribution in [0.3, 0.4) is 0 Å². The standard InChI is InChI=1S/C19H30N2O4/c1-14(2)11-16(21-18(23)25-19(3,4)5)12-20-17(22)24-13-15-9-7-6-8-10-15/h6-10,14,16H,11-13H2,1-5H3,(H,20,22)(H,21,23)/t16-/m1/s1. The monoisotopic (exact) mass is 350 g/mol. The van der Waals surface area contributed by atoms with Crippen molar-refractivity contribution in [2.24, 2.45) is 5.92 Å². The number of alkyl carbamates (subject to hydrolysis) is 2. The van der Waals surface area contributed by atoms with Crippen molar-refractivity contribution < 1.29 is 19.1 Å². The summed E-state index contributed by atoms with van der Waals surface area (Å²) in [5, 5.41) is 5.50. The molecule has 1 aromatic rings. The van der Waals surface area contributed by atoms with Crippen molar-refractivity contribution >= 4 is 12.2 Å². The highest BCUT2D eigenvalue weighted by molar-refractivity contribution is 5.69. The molecule has 1 atom stereocenters. The van der Waals surface area contributed by atoms with Crippen molar-refractivity contribution in [1.82, 2.24) is 10.6 Å². The van der Waals surface area contributed by atoms with E-state index in [0.717, 1.165) is 12.0 Å². The van der Waals surface area contributed by atoms with Crippen LogP contribution in [0.1, 0.15) is 46.6 Å². The van der Waals surface area contributed by atoms with E-state index >= 15 is 0 Å². The minimum absolute atomic E-state index is 0.209. The summed E-state index contributed by atoms with van der Waals surface area (Å²) in [6.07, 6.45) is -0.278. The maximum atomic E-state index is 11.9. The van der Waals surface area contributed by atoms with Crippen LogP contribution in [0.2, 0.25) is 0 Å². The first kappa shape index (κ1) is 20.8. The lowest BCUT2D eigenvalue weighted by Crippen LogP contribution is -2.46. The number of ether oxygens (including phenoxy) is 2. The second kappa shape index (κ2) is 9.91. The molecule has 0 heterocycles. The van der Waals surface area contributed by atoms with Gasteiger partial charge < -0.3 is 20.1 Å². The zero-order chi connectivity index (χ0) is 18.9. The van der Waals surface area contributed by atoms with Gasteiger partial charge in [-0.05, 0) is 38.7 Å². The Hall–Kier alpha value is -2.24. The molecule has 0 fully saturated rings. The van der Waals surface area contributed by atoms with Crippen LogP contribution in [0.25, 0.3) is 0 Å². The third-order valence-corrected chi connectivity index (χ3v) is 3.18. The molecule has 0 spiro atoms. The number of nitrogens with one attached hydrogen (secondary N) is 2. The van der Waals surface area contributed by atoms with E-state index in [1.54, 1.807) is 0 Å². The summed E-state index contributed by atoms with van der Waals surface area (Å²) in [5.74, 6) is 0.363. The zero-order valence-electron chi connectivity index (χ0n) is 15.8. The van der Waals surface area contributed by atoms with Crippen LogP contribution in [0, 0.1) is 5.92 Å². The average molecular weight is 350 g/mol. The minimum atomic E-state index is -0.561. The Labute approximate surface area is 150 Å². The van der Waals surface area contributed by atoms with Gasteiger partial charge in [0.2, 0.25) is 0 Å². The summed E-state index contributed by atoms with van der Waals surface area (Å²) in [6.45, 7) is 10.0. The molecule has 0 saturated carbocycles. The second-order valence-electron chi connectivity index (χ2n) is 7.42. The fourth-order valence-electron chi connectivity index (χ4n) is 2.22. The molecule has 1 rings (SSSR count). The van der Waals surface area contributed by atoms with Crippen LogP contribution in [-0.2, 0) is 16.1 Å². The van der Waals surface area contributed by atoms with E-state index in [1.165, 1.54) is 0 Å². The summed E-state index contributed by atoms with van der Waals surface area (Å²) in [7, 11) is 0. The molecule has 0 aliphatic carbocycles. The zero-order valence-corrected chi connectivity index (χ0v) is 15.8. The SMILES string of the molecule is CC(C)C[C@H](CNC(=O)OCc1ccccc1)NC(=O)OC(C)(C)C. The molecule has 2 amide bonds. The average Bonchev–Trinajstić information content (AvgIpc) is 2.49. The highest BCUT2D eigenvalue weighted by Crippen LogP contribution is 2.09. The van der Waals surface area contributed by atoms with E-state index in [2.05, 4.69) is 24.5 Å². The molecule has 0 radical (unpaired) electrons. The summed E-state index contributed by atoms with van der Waals surface area (Å²) >= 11 is 0. The molecular weight excluding hydrogens is 320 g/mol. The van der Waals surface area contributed by atoms with Crippen LogP contribution in [-0.4, -0.2) is 30.4 Å². The lowest BCUT2D eigenvalue weighted by atomic mass is 10.0. The third-order valence-electron chi connectivity index (χ3n) is 3.18. The van der Waals surface area contributed by atoms with Gasteiger partial charge in [-0.2, -0.15) is 0 Å². The van der Waals surface area contributed by atoms with E-state index in [0.29, 0.717) is 5.92 Å². The van der Waals surface area contributed by atoms with Gasteiger partial charge in [0.25, 0.3) is 0 Å². The predicted molar refractivity (Wildman–Crippen MR) is 97.2 cm³/mol. The molecular formula is C19H30N2O4. The number of benzene rings is 1. The molecule has 2 N–H and O–H groups in total. The Kier molecular flexibility index (Phi) is 8.25. The first-order chi connectivity index (χ1) is 11.7. The van der Waals surface area contributed by atoms with Gasteiger partial charge in [-0.25, -0.2) is 9.59 Å². The van der Waals surface area contributed by atoms with Gasteiger partial charge in [0.15, 0.2) is 0 Å². The molecule has 25 heavy (non-hydrogen) atoms.